The average Bonchev–Trinajstić information content (AvgIpc) is 3.20. The summed E-state index contributed by atoms with van der Waals surface area (Å²) in [6.45, 7) is 3.78. The minimum Gasteiger partial charge on any atom is -0.488 e. The number of rotatable bonds is 6. The zero-order valence-electron chi connectivity index (χ0n) is 19.2. The van der Waals surface area contributed by atoms with Crippen LogP contribution < -0.4 is 10.1 Å². The van der Waals surface area contributed by atoms with Crippen molar-refractivity contribution >= 4 is 25.6 Å². The molecule has 8 nitrogen and oxygen atoms in total. The van der Waals surface area contributed by atoms with Crippen molar-refractivity contribution in [3.63, 3.8) is 0 Å². The number of carbonyl (C=O) groups excluding carboxylic acids is 3. The van der Waals surface area contributed by atoms with Crippen LogP contribution in [0.4, 0.5) is 4.39 Å². The molecule has 3 amide bonds. The lowest BCUT2D eigenvalue weighted by Crippen LogP contribution is -2.63. The lowest BCUT2D eigenvalue weighted by molar-refractivity contribution is -0.138. The Morgan fingerprint density at radius 2 is 1.94 bits per heavy atom. The molecule has 3 aliphatic rings. The van der Waals surface area contributed by atoms with Gasteiger partial charge in [-0.3, -0.25) is 24.6 Å². The van der Waals surface area contributed by atoms with Crippen molar-refractivity contribution in [1.82, 2.24) is 15.1 Å². The molecule has 0 aromatic heterocycles. The number of carbonyl (C=O) groups is 3. The molecule has 0 aliphatic carbocycles. The Bertz CT molecular complexity index is 1190. The minimum absolute atomic E-state index is 0.0177. The molecule has 1 N–H and O–H groups in total. The lowest BCUT2D eigenvalue weighted by atomic mass is 9.70. The Morgan fingerprint density at radius 3 is 2.71 bits per heavy atom. The number of piperidine rings is 1. The molecule has 10 heteroatoms. The highest BCUT2D eigenvalue weighted by atomic mass is 19.1. The van der Waals surface area contributed by atoms with E-state index in [-0.39, 0.29) is 31.8 Å². The van der Waals surface area contributed by atoms with Crippen LogP contribution in [0.5, 0.6) is 5.75 Å². The van der Waals surface area contributed by atoms with E-state index in [0.717, 1.165) is 18.7 Å². The number of ether oxygens (including phenoxy) is 2. The average molecular weight is 477 g/mol. The van der Waals surface area contributed by atoms with E-state index in [2.05, 4.69) is 10.2 Å². The van der Waals surface area contributed by atoms with Gasteiger partial charge in [0, 0.05) is 42.7 Å². The first-order valence-corrected chi connectivity index (χ1v) is 11.6. The molecule has 5 rings (SSSR count). The van der Waals surface area contributed by atoms with Gasteiger partial charge < -0.3 is 14.4 Å². The monoisotopic (exact) mass is 477 g/mol. The van der Waals surface area contributed by atoms with Crippen molar-refractivity contribution in [3.8, 4) is 5.75 Å². The lowest BCUT2D eigenvalue weighted by Gasteiger charge is -2.40. The summed E-state index contributed by atoms with van der Waals surface area (Å²) in [7, 11) is 6.31. The van der Waals surface area contributed by atoms with Gasteiger partial charge in [0.05, 0.1) is 25.2 Å². The van der Waals surface area contributed by atoms with E-state index < -0.39 is 23.2 Å². The van der Waals surface area contributed by atoms with Crippen molar-refractivity contribution < 1.29 is 28.2 Å². The fraction of sp³-hybridized carbons (Fsp3) is 0.400. The van der Waals surface area contributed by atoms with Gasteiger partial charge >= 0.3 is 0 Å². The van der Waals surface area contributed by atoms with Gasteiger partial charge in [0.2, 0.25) is 11.8 Å². The van der Waals surface area contributed by atoms with E-state index in [0.29, 0.717) is 42.2 Å². The molecule has 3 aliphatic heterocycles. The van der Waals surface area contributed by atoms with Crippen molar-refractivity contribution in [1.29, 1.82) is 0 Å². The number of morpholine rings is 1. The summed E-state index contributed by atoms with van der Waals surface area (Å²) in [4.78, 5) is 40.7. The zero-order valence-corrected chi connectivity index (χ0v) is 19.2. The van der Waals surface area contributed by atoms with Gasteiger partial charge in [-0.05, 0) is 36.2 Å². The molecule has 2 aromatic rings. The number of fused-ring (bicyclic) bond motifs is 1. The van der Waals surface area contributed by atoms with E-state index in [4.69, 9.17) is 17.3 Å². The van der Waals surface area contributed by atoms with Crippen LogP contribution in [-0.2, 0) is 34.0 Å². The number of benzene rings is 2. The maximum Gasteiger partial charge on any atom is 0.254 e. The zero-order chi connectivity index (χ0) is 24.6. The van der Waals surface area contributed by atoms with Crippen LogP contribution in [0, 0.1) is 5.82 Å². The van der Waals surface area contributed by atoms with E-state index >= 15 is 0 Å². The van der Waals surface area contributed by atoms with Crippen LogP contribution in [0.25, 0.3) is 0 Å². The van der Waals surface area contributed by atoms with Crippen LogP contribution in [0.1, 0.15) is 39.9 Å². The second kappa shape index (κ2) is 9.43. The van der Waals surface area contributed by atoms with Gasteiger partial charge in [-0.2, -0.15) is 0 Å². The third-order valence-electron chi connectivity index (χ3n) is 6.79. The van der Waals surface area contributed by atoms with Crippen LogP contribution in [0.3, 0.4) is 0 Å². The summed E-state index contributed by atoms with van der Waals surface area (Å²) in [5.41, 5.74) is 0.723. The van der Waals surface area contributed by atoms with E-state index in [1.165, 1.54) is 11.0 Å². The van der Waals surface area contributed by atoms with Crippen molar-refractivity contribution in [2.24, 2.45) is 0 Å². The largest absolute Gasteiger partial charge is 0.488 e. The molecular weight excluding hydrogens is 452 g/mol. The highest BCUT2D eigenvalue weighted by Gasteiger charge is 2.48. The number of hydrogen-bond acceptors (Lipinski definition) is 6. The maximum atomic E-state index is 14.6. The standard InChI is InChI=1S/C25H25BFN3O5/c26-25(7-6-22(31)28-24(25)33)30-14-19-18(23(30)32)2-1-3-21(19)35-15-17-12-16(4-5-20(17)27)13-29-8-10-34-11-9-29/h1-5,12H,6-11,13-15H2,(H,28,31,33). The summed E-state index contributed by atoms with van der Waals surface area (Å²) in [6.07, 6.45) is 0.0839. The van der Waals surface area contributed by atoms with Gasteiger partial charge in [0.25, 0.3) is 5.91 Å². The van der Waals surface area contributed by atoms with Crippen LogP contribution in [-0.4, -0.2) is 67.1 Å². The smallest absolute Gasteiger partial charge is 0.254 e. The molecule has 1 unspecified atom stereocenters. The first-order chi connectivity index (χ1) is 16.8. The summed E-state index contributed by atoms with van der Waals surface area (Å²) in [6, 6.07) is 10.0. The molecule has 3 heterocycles. The fourth-order valence-corrected chi connectivity index (χ4v) is 4.74. The first-order valence-electron chi connectivity index (χ1n) is 11.6. The van der Waals surface area contributed by atoms with Crippen molar-refractivity contribution in [2.45, 2.75) is 38.0 Å². The number of imide groups is 1. The predicted octanol–water partition coefficient (Wildman–Crippen LogP) is 1.49. The molecule has 0 spiro atoms. The predicted molar refractivity (Wildman–Crippen MR) is 124 cm³/mol. The molecule has 0 bridgehead atoms. The van der Waals surface area contributed by atoms with E-state index in [1.807, 2.05) is 0 Å². The molecule has 2 fully saturated rings. The van der Waals surface area contributed by atoms with Crippen molar-refractivity contribution in [2.75, 3.05) is 26.3 Å². The van der Waals surface area contributed by atoms with Gasteiger partial charge in [0.1, 0.15) is 26.0 Å². The van der Waals surface area contributed by atoms with Gasteiger partial charge in [-0.1, -0.05) is 12.1 Å². The summed E-state index contributed by atoms with van der Waals surface area (Å²) >= 11 is 0. The molecule has 1 atom stereocenters. The normalized spacial score (nSPS) is 22.8. The Morgan fingerprint density at radius 1 is 1.14 bits per heavy atom. The third kappa shape index (κ3) is 4.55. The van der Waals surface area contributed by atoms with Crippen molar-refractivity contribution in [3.05, 3.63) is 64.5 Å². The van der Waals surface area contributed by atoms with Gasteiger partial charge in [-0.15, -0.1) is 0 Å². The molecular formula is C25H25BFN3O5. The molecule has 2 radical (unpaired) electrons. The van der Waals surface area contributed by atoms with Gasteiger partial charge in [-0.25, -0.2) is 4.39 Å². The van der Waals surface area contributed by atoms with Crippen LogP contribution >= 0.6 is 0 Å². The van der Waals surface area contributed by atoms with Crippen LogP contribution in [0.15, 0.2) is 36.4 Å². The highest BCUT2D eigenvalue weighted by molar-refractivity contribution is 6.32. The topological polar surface area (TPSA) is 88.2 Å². The molecule has 2 saturated heterocycles. The third-order valence-corrected chi connectivity index (χ3v) is 6.79. The molecule has 180 valence electrons. The number of hydrogen-bond donors (Lipinski definition) is 1. The molecule has 35 heavy (non-hydrogen) atoms. The summed E-state index contributed by atoms with van der Waals surface area (Å²) in [5.74, 6) is -1.47. The first kappa shape index (κ1) is 23.5. The van der Waals surface area contributed by atoms with Gasteiger partial charge in [0.15, 0.2) is 0 Å². The maximum absolute atomic E-state index is 14.6. The number of nitrogens with one attached hydrogen (secondary N) is 1. The second-order valence-corrected chi connectivity index (χ2v) is 9.08. The van der Waals surface area contributed by atoms with E-state index in [9.17, 15) is 18.8 Å². The molecule has 0 saturated carbocycles. The second-order valence-electron chi connectivity index (χ2n) is 9.08. The minimum atomic E-state index is -1.62. The quantitative estimate of drug-likeness (QED) is 0.501. The summed E-state index contributed by atoms with van der Waals surface area (Å²) in [5, 5.41) is 2.22. The molecule has 2 aromatic carbocycles. The Balaban J connectivity index is 1.32. The fourth-order valence-electron chi connectivity index (χ4n) is 4.74. The number of halogens is 1. The number of nitrogens with zero attached hydrogens (tertiary/aromatic N) is 2. The SMILES string of the molecule is [B]C1(N2Cc3c(OCc4cc(CN5CCOCC5)ccc4F)cccc3C2=O)CCC(=O)NC1=O. The van der Waals surface area contributed by atoms with E-state index in [1.54, 1.807) is 30.3 Å². The Kier molecular flexibility index (Phi) is 6.33. The Hall–Kier alpha value is -3.24. The highest BCUT2D eigenvalue weighted by Crippen LogP contribution is 2.37. The number of amides is 3. The van der Waals surface area contributed by atoms with Crippen LogP contribution in [0.2, 0.25) is 0 Å². The summed E-state index contributed by atoms with van der Waals surface area (Å²) < 4.78 is 25.9. The Labute approximate surface area is 203 Å².